The van der Waals surface area contributed by atoms with Crippen LogP contribution in [0.4, 0.5) is 10.1 Å². The van der Waals surface area contributed by atoms with Crippen molar-refractivity contribution in [2.45, 2.75) is 14.7 Å². The molecule has 0 heterocycles. The van der Waals surface area contributed by atoms with E-state index in [1.807, 2.05) is 0 Å². The molecule has 2 aromatic carbocycles. The highest BCUT2D eigenvalue weighted by atomic mass is 32.2. The fraction of sp³-hybridized carbons (Fsp3) is 0.0769. The van der Waals surface area contributed by atoms with Crippen LogP contribution in [0.1, 0.15) is 0 Å². The average Bonchev–Trinajstić information content (AvgIpc) is 2.33. The monoisotopic (exact) mass is 297 g/mol. The lowest BCUT2D eigenvalue weighted by Gasteiger charge is -2.07. The first-order valence-electron chi connectivity index (χ1n) is 5.40. The minimum atomic E-state index is -3.29. The van der Waals surface area contributed by atoms with Gasteiger partial charge in [0.15, 0.2) is 9.84 Å². The summed E-state index contributed by atoms with van der Waals surface area (Å²) in [7, 11) is -3.29. The number of sulfone groups is 1. The van der Waals surface area contributed by atoms with E-state index in [1.165, 1.54) is 30.0 Å². The summed E-state index contributed by atoms with van der Waals surface area (Å²) >= 11 is 1.17. The SMILES string of the molecule is CS(=O)(=O)c1ccc(Sc2ccccc2F)c(N)c1. The quantitative estimate of drug-likeness (QED) is 0.885. The third kappa shape index (κ3) is 3.27. The molecule has 0 spiro atoms. The highest BCUT2D eigenvalue weighted by molar-refractivity contribution is 7.99. The van der Waals surface area contributed by atoms with E-state index < -0.39 is 9.84 Å². The van der Waals surface area contributed by atoms with E-state index in [1.54, 1.807) is 24.3 Å². The van der Waals surface area contributed by atoms with Gasteiger partial charge in [-0.2, -0.15) is 0 Å². The number of benzene rings is 2. The summed E-state index contributed by atoms with van der Waals surface area (Å²) in [5.74, 6) is -0.334. The summed E-state index contributed by atoms with van der Waals surface area (Å²) in [5.41, 5.74) is 6.12. The van der Waals surface area contributed by atoms with Crippen molar-refractivity contribution in [3.63, 3.8) is 0 Å². The van der Waals surface area contributed by atoms with Gasteiger partial charge in [0.05, 0.1) is 4.90 Å². The first-order valence-corrected chi connectivity index (χ1v) is 8.10. The van der Waals surface area contributed by atoms with Gasteiger partial charge < -0.3 is 5.73 Å². The zero-order chi connectivity index (χ0) is 14.0. The van der Waals surface area contributed by atoms with Gasteiger partial charge in [0.25, 0.3) is 0 Å². The first-order chi connectivity index (χ1) is 8.88. The Balaban J connectivity index is 2.36. The molecule has 0 aliphatic carbocycles. The highest BCUT2D eigenvalue weighted by Gasteiger charge is 2.11. The first kappa shape index (κ1) is 13.9. The molecule has 19 heavy (non-hydrogen) atoms. The van der Waals surface area contributed by atoms with Crippen LogP contribution >= 0.6 is 11.8 Å². The van der Waals surface area contributed by atoms with Crippen molar-refractivity contribution in [1.29, 1.82) is 0 Å². The van der Waals surface area contributed by atoms with Gasteiger partial charge in [-0.1, -0.05) is 23.9 Å². The number of hydrogen-bond acceptors (Lipinski definition) is 4. The lowest BCUT2D eigenvalue weighted by Crippen LogP contribution is -1.99. The topological polar surface area (TPSA) is 60.2 Å². The number of rotatable bonds is 3. The molecule has 0 saturated carbocycles. The third-order valence-corrected chi connectivity index (χ3v) is 4.72. The van der Waals surface area contributed by atoms with Gasteiger partial charge in [-0.05, 0) is 30.3 Å². The second kappa shape index (κ2) is 5.22. The molecule has 0 radical (unpaired) electrons. The largest absolute Gasteiger partial charge is 0.398 e. The van der Waals surface area contributed by atoms with E-state index >= 15 is 0 Å². The summed E-state index contributed by atoms with van der Waals surface area (Å²) in [4.78, 5) is 1.22. The van der Waals surface area contributed by atoms with Crippen LogP contribution in [0.3, 0.4) is 0 Å². The van der Waals surface area contributed by atoms with E-state index in [4.69, 9.17) is 5.73 Å². The van der Waals surface area contributed by atoms with E-state index in [0.717, 1.165) is 6.26 Å². The van der Waals surface area contributed by atoms with Crippen molar-refractivity contribution in [2.24, 2.45) is 0 Å². The van der Waals surface area contributed by atoms with Crippen LogP contribution in [-0.4, -0.2) is 14.7 Å². The number of hydrogen-bond donors (Lipinski definition) is 1. The Morgan fingerprint density at radius 1 is 1.11 bits per heavy atom. The van der Waals surface area contributed by atoms with Crippen LogP contribution in [-0.2, 0) is 9.84 Å². The molecule has 0 unspecified atom stereocenters. The van der Waals surface area contributed by atoms with Crippen LogP contribution in [0.5, 0.6) is 0 Å². The van der Waals surface area contributed by atoms with Crippen LogP contribution in [0, 0.1) is 5.82 Å². The molecule has 6 heteroatoms. The van der Waals surface area contributed by atoms with Crippen molar-refractivity contribution >= 4 is 27.3 Å². The molecule has 2 aromatic rings. The molecule has 0 aliphatic heterocycles. The molecule has 0 fully saturated rings. The minimum Gasteiger partial charge on any atom is -0.398 e. The summed E-state index contributed by atoms with van der Waals surface area (Å²) in [5, 5.41) is 0. The number of halogens is 1. The number of nitrogens with two attached hydrogens (primary N) is 1. The Morgan fingerprint density at radius 3 is 2.37 bits per heavy atom. The molecule has 2 N–H and O–H groups in total. The summed E-state index contributed by atoms with van der Waals surface area (Å²) in [6.07, 6.45) is 1.12. The van der Waals surface area contributed by atoms with Crippen LogP contribution in [0.15, 0.2) is 57.2 Å². The van der Waals surface area contributed by atoms with E-state index in [2.05, 4.69) is 0 Å². The van der Waals surface area contributed by atoms with Crippen LogP contribution < -0.4 is 5.73 Å². The molecule has 100 valence electrons. The maximum absolute atomic E-state index is 13.5. The smallest absolute Gasteiger partial charge is 0.175 e. The van der Waals surface area contributed by atoms with Crippen LogP contribution in [0.2, 0.25) is 0 Å². The molecule has 0 atom stereocenters. The van der Waals surface area contributed by atoms with Crippen LogP contribution in [0.25, 0.3) is 0 Å². The average molecular weight is 297 g/mol. The number of nitrogen functional groups attached to an aromatic ring is 1. The van der Waals surface area contributed by atoms with Crippen molar-refractivity contribution in [3.8, 4) is 0 Å². The number of anilines is 1. The predicted octanol–water partition coefficient (Wildman–Crippen LogP) is 2.96. The molecule has 0 aromatic heterocycles. The lowest BCUT2D eigenvalue weighted by atomic mass is 10.3. The fourth-order valence-electron chi connectivity index (χ4n) is 1.50. The standard InChI is InChI=1S/C13H12FNO2S2/c1-19(16,17)9-6-7-13(11(15)8-9)18-12-5-3-2-4-10(12)14/h2-8H,15H2,1H3. The zero-order valence-corrected chi connectivity index (χ0v) is 11.8. The molecule has 0 amide bonds. The Labute approximate surface area is 115 Å². The van der Waals surface area contributed by atoms with Crippen molar-refractivity contribution < 1.29 is 12.8 Å². The Morgan fingerprint density at radius 2 is 1.79 bits per heavy atom. The van der Waals surface area contributed by atoms with E-state index in [-0.39, 0.29) is 10.7 Å². The fourth-order valence-corrected chi connectivity index (χ4v) is 3.01. The van der Waals surface area contributed by atoms with Gasteiger partial charge in [-0.15, -0.1) is 0 Å². The maximum atomic E-state index is 13.5. The molecular weight excluding hydrogens is 285 g/mol. The zero-order valence-electron chi connectivity index (χ0n) is 10.1. The molecule has 0 bridgehead atoms. The van der Waals surface area contributed by atoms with E-state index in [9.17, 15) is 12.8 Å². The van der Waals surface area contributed by atoms with Crippen molar-refractivity contribution in [3.05, 3.63) is 48.3 Å². The summed E-state index contributed by atoms with van der Waals surface area (Å²) in [6.45, 7) is 0. The van der Waals surface area contributed by atoms with Gasteiger partial charge in [0.2, 0.25) is 0 Å². The Kier molecular flexibility index (Phi) is 3.82. The highest BCUT2D eigenvalue weighted by Crippen LogP contribution is 2.34. The van der Waals surface area contributed by atoms with Crippen molar-refractivity contribution in [2.75, 3.05) is 12.0 Å². The Bertz CT molecular complexity index is 714. The molecule has 2 rings (SSSR count). The molecule has 0 saturated heterocycles. The normalized spacial score (nSPS) is 11.5. The predicted molar refractivity (Wildman–Crippen MR) is 74.5 cm³/mol. The van der Waals surface area contributed by atoms with Gasteiger partial charge in [0.1, 0.15) is 5.82 Å². The van der Waals surface area contributed by atoms with Gasteiger partial charge in [-0.3, -0.25) is 0 Å². The second-order valence-corrected chi connectivity index (χ2v) is 7.10. The Hall–Kier alpha value is -1.53. The lowest BCUT2D eigenvalue weighted by molar-refractivity contribution is 0.600. The van der Waals surface area contributed by atoms with Gasteiger partial charge in [0, 0.05) is 21.7 Å². The minimum absolute atomic E-state index is 0.155. The summed E-state index contributed by atoms with van der Waals surface area (Å²) < 4.78 is 36.3. The summed E-state index contributed by atoms with van der Waals surface area (Å²) in [6, 6.07) is 10.8. The molecular formula is C13H12FNO2S2. The molecule has 3 nitrogen and oxygen atoms in total. The molecule has 0 aliphatic rings. The second-order valence-electron chi connectivity index (χ2n) is 4.00. The van der Waals surface area contributed by atoms with Gasteiger partial charge >= 0.3 is 0 Å². The maximum Gasteiger partial charge on any atom is 0.175 e. The van der Waals surface area contributed by atoms with Gasteiger partial charge in [-0.25, -0.2) is 12.8 Å². The van der Waals surface area contributed by atoms with Crippen molar-refractivity contribution in [1.82, 2.24) is 0 Å². The van der Waals surface area contributed by atoms with E-state index in [0.29, 0.717) is 15.5 Å². The third-order valence-electron chi connectivity index (χ3n) is 2.47.